The average Bonchev–Trinajstić information content (AvgIpc) is 3.01. The first kappa shape index (κ1) is 13.3. The minimum absolute atomic E-state index is 0.173. The summed E-state index contributed by atoms with van der Waals surface area (Å²) in [6.07, 6.45) is 5.22. The molecule has 100 valence electrons. The first-order valence-electron chi connectivity index (χ1n) is 5.76. The molecule has 0 saturated carbocycles. The van der Waals surface area contributed by atoms with Crippen LogP contribution in [0.3, 0.4) is 0 Å². The molecule has 2 aromatic heterocycles. The summed E-state index contributed by atoms with van der Waals surface area (Å²) < 4.78 is 7.43. The fourth-order valence-electron chi connectivity index (χ4n) is 1.50. The molecule has 0 bridgehead atoms. The standard InChI is InChI=1S/C12H14N4O2S/c1-16-10(14-15-12(16)19)6-7-13-11(17)5-4-9-3-2-8-18-9/h2-5,8H,6-7H2,1H3,(H,13,17)(H,15,19)/b5-4-. The van der Waals surface area contributed by atoms with E-state index in [1.54, 1.807) is 29.0 Å². The number of nitrogens with zero attached hydrogens (tertiary/aromatic N) is 2. The van der Waals surface area contributed by atoms with Crippen LogP contribution in [0.1, 0.15) is 11.6 Å². The van der Waals surface area contributed by atoms with Gasteiger partial charge in [0, 0.05) is 26.1 Å². The summed E-state index contributed by atoms with van der Waals surface area (Å²) in [7, 11) is 1.83. The van der Waals surface area contributed by atoms with Gasteiger partial charge in [0.15, 0.2) is 4.77 Å². The van der Waals surface area contributed by atoms with Gasteiger partial charge in [0.05, 0.1) is 6.26 Å². The molecule has 2 rings (SSSR count). The second kappa shape index (κ2) is 6.14. The zero-order chi connectivity index (χ0) is 13.7. The van der Waals surface area contributed by atoms with Crippen LogP contribution in [0.5, 0.6) is 0 Å². The highest BCUT2D eigenvalue weighted by atomic mass is 32.1. The third-order valence-electron chi connectivity index (χ3n) is 2.56. The number of nitrogens with one attached hydrogen (secondary N) is 2. The summed E-state index contributed by atoms with van der Waals surface area (Å²) in [5, 5.41) is 9.52. The third-order valence-corrected chi connectivity index (χ3v) is 2.93. The summed E-state index contributed by atoms with van der Waals surface area (Å²) in [4.78, 5) is 11.5. The van der Waals surface area contributed by atoms with E-state index in [9.17, 15) is 4.79 Å². The Balaban J connectivity index is 1.78. The van der Waals surface area contributed by atoms with E-state index in [2.05, 4.69) is 15.5 Å². The molecule has 0 fully saturated rings. The SMILES string of the molecule is Cn1c(CCNC(=O)/C=C\c2ccco2)n[nH]c1=S. The molecule has 0 radical (unpaired) electrons. The Hall–Kier alpha value is -2.15. The second-order valence-electron chi connectivity index (χ2n) is 3.89. The van der Waals surface area contributed by atoms with Crippen LogP contribution in [0.15, 0.2) is 28.9 Å². The number of hydrogen-bond donors (Lipinski definition) is 2. The molecule has 2 N–H and O–H groups in total. The van der Waals surface area contributed by atoms with Gasteiger partial charge >= 0.3 is 0 Å². The van der Waals surface area contributed by atoms with Crippen molar-refractivity contribution in [1.82, 2.24) is 20.1 Å². The molecule has 0 aliphatic rings. The second-order valence-corrected chi connectivity index (χ2v) is 4.28. The van der Waals surface area contributed by atoms with E-state index in [-0.39, 0.29) is 5.91 Å². The molecule has 2 heterocycles. The van der Waals surface area contributed by atoms with Gasteiger partial charge in [0.25, 0.3) is 0 Å². The molecule has 0 unspecified atom stereocenters. The number of aromatic nitrogens is 3. The molecule has 0 aliphatic heterocycles. The Morgan fingerprint density at radius 1 is 1.68 bits per heavy atom. The van der Waals surface area contributed by atoms with E-state index >= 15 is 0 Å². The average molecular weight is 278 g/mol. The van der Waals surface area contributed by atoms with Crippen LogP contribution in [0, 0.1) is 4.77 Å². The van der Waals surface area contributed by atoms with Gasteiger partial charge in [-0.05, 0) is 30.4 Å². The van der Waals surface area contributed by atoms with Crippen molar-refractivity contribution in [2.75, 3.05) is 6.54 Å². The lowest BCUT2D eigenvalue weighted by Crippen LogP contribution is -2.24. The van der Waals surface area contributed by atoms with Crippen LogP contribution in [-0.4, -0.2) is 27.2 Å². The highest BCUT2D eigenvalue weighted by molar-refractivity contribution is 7.71. The van der Waals surface area contributed by atoms with Crippen molar-refractivity contribution in [2.45, 2.75) is 6.42 Å². The summed E-state index contributed by atoms with van der Waals surface area (Å²) in [5.41, 5.74) is 0. The quantitative estimate of drug-likeness (QED) is 0.641. The van der Waals surface area contributed by atoms with Gasteiger partial charge in [-0.2, -0.15) is 5.10 Å². The molecule has 0 spiro atoms. The van der Waals surface area contributed by atoms with Crippen molar-refractivity contribution in [1.29, 1.82) is 0 Å². The lowest BCUT2D eigenvalue weighted by atomic mass is 10.3. The number of carbonyl (C=O) groups is 1. The molecule has 1 amide bonds. The predicted octanol–water partition coefficient (Wildman–Crippen LogP) is 1.44. The van der Waals surface area contributed by atoms with E-state index in [1.807, 2.05) is 7.05 Å². The van der Waals surface area contributed by atoms with Crippen LogP contribution in [0.4, 0.5) is 0 Å². The maximum Gasteiger partial charge on any atom is 0.244 e. The minimum Gasteiger partial charge on any atom is -0.465 e. The predicted molar refractivity (Wildman–Crippen MR) is 72.8 cm³/mol. The molecule has 2 aromatic rings. The van der Waals surface area contributed by atoms with E-state index in [0.29, 0.717) is 23.5 Å². The monoisotopic (exact) mass is 278 g/mol. The minimum atomic E-state index is -0.173. The maximum absolute atomic E-state index is 11.5. The lowest BCUT2D eigenvalue weighted by Gasteiger charge is -2.01. The molecular weight excluding hydrogens is 264 g/mol. The molecule has 0 saturated heterocycles. The summed E-state index contributed by atoms with van der Waals surface area (Å²) in [5.74, 6) is 1.28. The first-order chi connectivity index (χ1) is 9.16. The number of furan rings is 1. The van der Waals surface area contributed by atoms with Gasteiger partial charge in [0.1, 0.15) is 11.6 Å². The van der Waals surface area contributed by atoms with Gasteiger partial charge in [-0.15, -0.1) is 0 Å². The van der Waals surface area contributed by atoms with Crippen molar-refractivity contribution in [3.05, 3.63) is 40.8 Å². The van der Waals surface area contributed by atoms with E-state index < -0.39 is 0 Å². The smallest absolute Gasteiger partial charge is 0.244 e. The Bertz CT molecular complexity index is 624. The third kappa shape index (κ3) is 3.65. The van der Waals surface area contributed by atoms with Crippen molar-refractivity contribution in [3.63, 3.8) is 0 Å². The van der Waals surface area contributed by atoms with Crippen LogP contribution in [0.25, 0.3) is 6.08 Å². The van der Waals surface area contributed by atoms with Crippen LogP contribution >= 0.6 is 12.2 Å². The Morgan fingerprint density at radius 2 is 2.53 bits per heavy atom. The van der Waals surface area contributed by atoms with Crippen molar-refractivity contribution in [2.24, 2.45) is 7.05 Å². The zero-order valence-electron chi connectivity index (χ0n) is 10.4. The normalized spacial score (nSPS) is 11.0. The highest BCUT2D eigenvalue weighted by Crippen LogP contribution is 2.01. The summed E-state index contributed by atoms with van der Waals surface area (Å²) in [6, 6.07) is 3.54. The molecular formula is C12H14N4O2S. The Labute approximate surface area is 115 Å². The summed E-state index contributed by atoms with van der Waals surface area (Å²) in [6.45, 7) is 0.495. The summed E-state index contributed by atoms with van der Waals surface area (Å²) >= 11 is 5.00. The Kier molecular flexibility index (Phi) is 4.30. The van der Waals surface area contributed by atoms with Crippen LogP contribution in [0.2, 0.25) is 0 Å². The van der Waals surface area contributed by atoms with E-state index in [4.69, 9.17) is 16.6 Å². The largest absolute Gasteiger partial charge is 0.465 e. The van der Waals surface area contributed by atoms with Crippen molar-refractivity contribution >= 4 is 24.2 Å². The van der Waals surface area contributed by atoms with Crippen LogP contribution in [-0.2, 0) is 18.3 Å². The van der Waals surface area contributed by atoms with Gasteiger partial charge in [-0.1, -0.05) is 0 Å². The molecule has 0 aromatic carbocycles. The van der Waals surface area contributed by atoms with Gasteiger partial charge in [0.2, 0.25) is 5.91 Å². The van der Waals surface area contributed by atoms with Gasteiger partial charge in [-0.3, -0.25) is 9.89 Å². The zero-order valence-corrected chi connectivity index (χ0v) is 11.2. The van der Waals surface area contributed by atoms with E-state index in [1.165, 1.54) is 6.08 Å². The lowest BCUT2D eigenvalue weighted by molar-refractivity contribution is -0.116. The highest BCUT2D eigenvalue weighted by Gasteiger charge is 2.02. The molecule has 19 heavy (non-hydrogen) atoms. The molecule has 7 heteroatoms. The molecule has 0 aliphatic carbocycles. The number of aromatic amines is 1. The first-order valence-corrected chi connectivity index (χ1v) is 6.17. The Morgan fingerprint density at radius 3 is 3.16 bits per heavy atom. The van der Waals surface area contributed by atoms with Crippen molar-refractivity contribution < 1.29 is 9.21 Å². The fourth-order valence-corrected chi connectivity index (χ4v) is 1.65. The number of rotatable bonds is 5. The number of H-pyrrole nitrogens is 1. The van der Waals surface area contributed by atoms with Gasteiger partial charge in [-0.25, -0.2) is 0 Å². The molecule has 6 nitrogen and oxygen atoms in total. The van der Waals surface area contributed by atoms with E-state index in [0.717, 1.165) is 5.82 Å². The number of carbonyl (C=O) groups excluding carboxylic acids is 1. The number of hydrogen-bond acceptors (Lipinski definition) is 4. The van der Waals surface area contributed by atoms with Crippen LogP contribution < -0.4 is 5.32 Å². The van der Waals surface area contributed by atoms with Gasteiger partial charge < -0.3 is 14.3 Å². The topological polar surface area (TPSA) is 75.8 Å². The molecule has 0 atom stereocenters. The van der Waals surface area contributed by atoms with Crippen molar-refractivity contribution in [3.8, 4) is 0 Å². The maximum atomic E-state index is 11.5. The number of amides is 1. The fraction of sp³-hybridized carbons (Fsp3) is 0.250.